The Balaban J connectivity index is 2.03. The Morgan fingerprint density at radius 3 is 2.75 bits per heavy atom. The lowest BCUT2D eigenvalue weighted by Gasteiger charge is -2.08. The van der Waals surface area contributed by atoms with Gasteiger partial charge in [-0.05, 0) is 12.1 Å². The molecule has 7 heteroatoms. The van der Waals surface area contributed by atoms with Crippen molar-refractivity contribution in [2.24, 2.45) is 0 Å². The van der Waals surface area contributed by atoms with E-state index in [1.807, 2.05) is 12.3 Å². The van der Waals surface area contributed by atoms with Crippen LogP contribution in [0, 0.1) is 11.6 Å². The van der Waals surface area contributed by atoms with Crippen LogP contribution in [0.3, 0.4) is 0 Å². The fraction of sp³-hybridized carbons (Fsp3) is 0.231. The van der Waals surface area contributed by atoms with Crippen LogP contribution in [0.25, 0.3) is 11.0 Å². The van der Waals surface area contributed by atoms with Crippen molar-refractivity contribution in [1.82, 2.24) is 19.3 Å². The first-order valence-electron chi connectivity index (χ1n) is 6.06. The quantitative estimate of drug-likeness (QED) is 0.694. The summed E-state index contributed by atoms with van der Waals surface area (Å²) in [5, 5.41) is 4.09. The van der Waals surface area contributed by atoms with Crippen LogP contribution in [-0.4, -0.2) is 19.3 Å². The maximum atomic E-state index is 13.7. The van der Waals surface area contributed by atoms with Gasteiger partial charge in [0.05, 0.1) is 17.9 Å². The third kappa shape index (κ3) is 2.27. The molecule has 0 spiro atoms. The van der Waals surface area contributed by atoms with Gasteiger partial charge in [0.2, 0.25) is 0 Å². The summed E-state index contributed by atoms with van der Waals surface area (Å²) < 4.78 is 30.5. The van der Waals surface area contributed by atoms with Gasteiger partial charge >= 0.3 is 0 Å². The molecule has 0 unspecified atom stereocenters. The topological polar surface area (TPSA) is 35.6 Å². The summed E-state index contributed by atoms with van der Waals surface area (Å²) >= 11 is 5.83. The average molecular weight is 297 g/mol. The standard InChI is InChI=1S/C13H11ClF2N4/c14-8-12-18-13-10(16)6-9(15)7-11(13)20(12)5-4-19-3-1-2-17-19/h1-3,6-7H,4-5,8H2. The highest BCUT2D eigenvalue weighted by Crippen LogP contribution is 2.22. The van der Waals surface area contributed by atoms with E-state index in [1.165, 1.54) is 6.07 Å². The molecule has 0 saturated heterocycles. The molecule has 3 aromatic rings. The number of imidazole rings is 1. The van der Waals surface area contributed by atoms with Crippen LogP contribution in [0.2, 0.25) is 0 Å². The van der Waals surface area contributed by atoms with E-state index in [0.717, 1.165) is 6.07 Å². The molecule has 2 aromatic heterocycles. The predicted octanol–water partition coefficient (Wildman–Crippen LogP) is 2.95. The van der Waals surface area contributed by atoms with Gasteiger partial charge in [-0.2, -0.15) is 5.10 Å². The molecule has 0 radical (unpaired) electrons. The van der Waals surface area contributed by atoms with Crippen molar-refractivity contribution in [1.29, 1.82) is 0 Å². The van der Waals surface area contributed by atoms with Gasteiger partial charge in [0, 0.05) is 25.0 Å². The van der Waals surface area contributed by atoms with Gasteiger partial charge in [0.1, 0.15) is 17.2 Å². The van der Waals surface area contributed by atoms with Crippen LogP contribution in [0.1, 0.15) is 5.82 Å². The van der Waals surface area contributed by atoms with Crippen LogP contribution in [0.15, 0.2) is 30.6 Å². The lowest BCUT2D eigenvalue weighted by molar-refractivity contribution is 0.532. The van der Waals surface area contributed by atoms with Crippen LogP contribution in [0.4, 0.5) is 8.78 Å². The van der Waals surface area contributed by atoms with Gasteiger partial charge in [0.25, 0.3) is 0 Å². The highest BCUT2D eigenvalue weighted by Gasteiger charge is 2.14. The summed E-state index contributed by atoms with van der Waals surface area (Å²) in [5.41, 5.74) is 0.549. The van der Waals surface area contributed by atoms with Crippen molar-refractivity contribution < 1.29 is 8.78 Å². The minimum Gasteiger partial charge on any atom is -0.325 e. The number of rotatable bonds is 4. The van der Waals surface area contributed by atoms with E-state index >= 15 is 0 Å². The second kappa shape index (κ2) is 5.20. The fourth-order valence-corrected chi connectivity index (χ4v) is 2.39. The average Bonchev–Trinajstić information content (AvgIpc) is 3.03. The second-order valence-electron chi connectivity index (χ2n) is 4.34. The number of hydrogen-bond donors (Lipinski definition) is 0. The first-order chi connectivity index (χ1) is 9.69. The van der Waals surface area contributed by atoms with Crippen LogP contribution in [0.5, 0.6) is 0 Å². The Kier molecular flexibility index (Phi) is 3.40. The smallest absolute Gasteiger partial charge is 0.153 e. The summed E-state index contributed by atoms with van der Waals surface area (Å²) in [7, 11) is 0. The molecule has 0 aliphatic rings. The maximum Gasteiger partial charge on any atom is 0.153 e. The number of aromatic nitrogens is 4. The Labute approximate surface area is 118 Å². The molecule has 2 heterocycles. The largest absolute Gasteiger partial charge is 0.325 e. The normalized spacial score (nSPS) is 11.3. The van der Waals surface area contributed by atoms with E-state index in [0.29, 0.717) is 24.4 Å². The number of aryl methyl sites for hydroxylation is 2. The predicted molar refractivity (Wildman–Crippen MR) is 71.4 cm³/mol. The van der Waals surface area contributed by atoms with E-state index in [-0.39, 0.29) is 11.4 Å². The van der Waals surface area contributed by atoms with Crippen molar-refractivity contribution in [3.8, 4) is 0 Å². The number of nitrogens with zero attached hydrogens (tertiary/aromatic N) is 4. The third-order valence-electron chi connectivity index (χ3n) is 3.08. The zero-order valence-corrected chi connectivity index (χ0v) is 11.2. The monoisotopic (exact) mass is 296 g/mol. The molecule has 0 aliphatic carbocycles. The number of fused-ring (bicyclic) bond motifs is 1. The molecule has 0 atom stereocenters. The van der Waals surface area contributed by atoms with Gasteiger partial charge in [0.15, 0.2) is 5.82 Å². The SMILES string of the molecule is Fc1cc(F)c2nc(CCl)n(CCn3cccn3)c2c1. The highest BCUT2D eigenvalue weighted by atomic mass is 35.5. The molecule has 20 heavy (non-hydrogen) atoms. The zero-order valence-electron chi connectivity index (χ0n) is 10.4. The molecular weight excluding hydrogens is 286 g/mol. The van der Waals surface area contributed by atoms with Gasteiger partial charge in [-0.3, -0.25) is 4.68 Å². The summed E-state index contributed by atoms with van der Waals surface area (Å²) in [5.74, 6) is -0.659. The van der Waals surface area contributed by atoms with E-state index in [9.17, 15) is 8.78 Å². The Morgan fingerprint density at radius 2 is 2.05 bits per heavy atom. The first-order valence-corrected chi connectivity index (χ1v) is 6.60. The molecular formula is C13H11ClF2N4. The number of halogens is 3. The zero-order chi connectivity index (χ0) is 14.1. The van der Waals surface area contributed by atoms with Gasteiger partial charge in [-0.1, -0.05) is 0 Å². The summed E-state index contributed by atoms with van der Waals surface area (Å²) in [6, 6.07) is 3.91. The molecule has 3 rings (SSSR count). The van der Waals surface area contributed by atoms with Crippen LogP contribution >= 0.6 is 11.6 Å². The molecule has 0 saturated carbocycles. The number of hydrogen-bond acceptors (Lipinski definition) is 2. The Morgan fingerprint density at radius 1 is 1.20 bits per heavy atom. The summed E-state index contributed by atoms with van der Waals surface area (Å²) in [6.07, 6.45) is 3.49. The molecule has 0 aliphatic heterocycles. The van der Waals surface area contributed by atoms with Crippen molar-refractivity contribution >= 4 is 22.6 Å². The van der Waals surface area contributed by atoms with E-state index < -0.39 is 11.6 Å². The Bertz CT molecular complexity index is 736. The Hall–Kier alpha value is -1.95. The fourth-order valence-electron chi connectivity index (χ4n) is 2.18. The molecule has 0 fully saturated rings. The molecule has 104 valence electrons. The first kappa shape index (κ1) is 13.1. The van der Waals surface area contributed by atoms with Gasteiger partial charge < -0.3 is 4.57 Å². The van der Waals surface area contributed by atoms with Crippen LogP contribution in [-0.2, 0) is 19.0 Å². The lowest BCUT2D eigenvalue weighted by Crippen LogP contribution is -2.10. The lowest BCUT2D eigenvalue weighted by atomic mass is 10.3. The van der Waals surface area contributed by atoms with E-state index in [4.69, 9.17) is 11.6 Å². The number of alkyl halides is 1. The second-order valence-corrected chi connectivity index (χ2v) is 4.61. The van der Waals surface area contributed by atoms with E-state index in [1.54, 1.807) is 15.4 Å². The van der Waals surface area contributed by atoms with Crippen molar-refractivity contribution in [3.63, 3.8) is 0 Å². The summed E-state index contributed by atoms with van der Waals surface area (Å²) in [4.78, 5) is 4.13. The molecule has 1 aromatic carbocycles. The molecule has 0 amide bonds. The highest BCUT2D eigenvalue weighted by molar-refractivity contribution is 6.16. The summed E-state index contributed by atoms with van der Waals surface area (Å²) in [6.45, 7) is 1.06. The molecule has 0 N–H and O–H groups in total. The van der Waals surface area contributed by atoms with E-state index in [2.05, 4.69) is 10.1 Å². The van der Waals surface area contributed by atoms with Crippen molar-refractivity contribution in [2.75, 3.05) is 0 Å². The molecule has 0 bridgehead atoms. The number of benzene rings is 1. The molecule has 4 nitrogen and oxygen atoms in total. The van der Waals surface area contributed by atoms with Gasteiger partial charge in [-0.25, -0.2) is 13.8 Å². The van der Waals surface area contributed by atoms with Crippen LogP contribution < -0.4 is 0 Å². The maximum absolute atomic E-state index is 13.7. The van der Waals surface area contributed by atoms with Gasteiger partial charge in [-0.15, -0.1) is 11.6 Å². The third-order valence-corrected chi connectivity index (χ3v) is 3.32. The minimum absolute atomic E-state index is 0.134. The minimum atomic E-state index is -0.677. The van der Waals surface area contributed by atoms with Crippen molar-refractivity contribution in [2.45, 2.75) is 19.0 Å². The van der Waals surface area contributed by atoms with Crippen molar-refractivity contribution in [3.05, 3.63) is 48.1 Å².